The number of carbonyl (C=O) groups is 2. The fraction of sp³-hybridized carbons (Fsp3) is 0.448. The molecule has 35 heavy (non-hydrogen) atoms. The minimum atomic E-state index is -1.07. The molecule has 2 aromatic carbocycles. The summed E-state index contributed by atoms with van der Waals surface area (Å²) in [5.74, 6) is 0.496. The van der Waals surface area contributed by atoms with Gasteiger partial charge in [-0.3, -0.25) is 14.5 Å². The molecule has 1 aliphatic carbocycles. The number of anilines is 1. The van der Waals surface area contributed by atoms with Crippen molar-refractivity contribution in [2.45, 2.75) is 76.9 Å². The maximum absolute atomic E-state index is 14.0. The summed E-state index contributed by atoms with van der Waals surface area (Å²) in [5, 5.41) is 4.36. The summed E-state index contributed by atoms with van der Waals surface area (Å²) in [6.45, 7) is 4.81. The van der Waals surface area contributed by atoms with E-state index < -0.39 is 5.54 Å². The topological polar surface area (TPSA) is 63.6 Å². The van der Waals surface area contributed by atoms with Crippen molar-refractivity contribution in [2.24, 2.45) is 0 Å². The Balaban J connectivity index is 1.54. The summed E-state index contributed by atoms with van der Waals surface area (Å²) in [6.07, 6.45) is 7.98. The van der Waals surface area contributed by atoms with E-state index in [1.807, 2.05) is 73.0 Å². The average molecular weight is 474 g/mol. The van der Waals surface area contributed by atoms with Gasteiger partial charge in [-0.15, -0.1) is 0 Å². The summed E-state index contributed by atoms with van der Waals surface area (Å²) in [5.41, 5.74) is 1.22. The number of nitrogens with zero attached hydrogens (tertiary/aromatic N) is 2. The third-order valence-corrected chi connectivity index (χ3v) is 7.53. The Morgan fingerprint density at radius 2 is 1.71 bits per heavy atom. The van der Waals surface area contributed by atoms with E-state index in [1.54, 1.807) is 4.90 Å². The van der Waals surface area contributed by atoms with E-state index in [2.05, 4.69) is 5.32 Å². The van der Waals surface area contributed by atoms with Crippen molar-refractivity contribution in [1.29, 1.82) is 0 Å². The van der Waals surface area contributed by atoms with Gasteiger partial charge in [0, 0.05) is 22.6 Å². The van der Waals surface area contributed by atoms with Gasteiger partial charge in [0.05, 0.1) is 13.2 Å². The first-order chi connectivity index (χ1) is 17.0. The van der Waals surface area contributed by atoms with Crippen LogP contribution in [0, 0.1) is 0 Å². The van der Waals surface area contributed by atoms with E-state index in [1.165, 1.54) is 19.3 Å². The maximum atomic E-state index is 14.0. The van der Waals surface area contributed by atoms with Crippen molar-refractivity contribution < 1.29 is 14.3 Å². The Labute approximate surface area is 207 Å². The molecule has 2 heterocycles. The SMILES string of the molecule is CCOc1ccc(N2C(=O)c3cc4ccccc4n3CC2(C)C(=O)NC2CCCCCCC2)cc1. The highest BCUT2D eigenvalue weighted by Crippen LogP contribution is 2.36. The molecule has 3 aromatic rings. The Morgan fingerprint density at radius 1 is 1.03 bits per heavy atom. The lowest BCUT2D eigenvalue weighted by molar-refractivity contribution is -0.127. The van der Waals surface area contributed by atoms with Crippen LogP contribution in [0.4, 0.5) is 5.69 Å². The number of hydrogen-bond acceptors (Lipinski definition) is 3. The second-order valence-corrected chi connectivity index (χ2v) is 10.0. The molecule has 1 atom stereocenters. The molecule has 1 aliphatic heterocycles. The molecule has 6 nitrogen and oxygen atoms in total. The Hall–Kier alpha value is -3.28. The van der Waals surface area contributed by atoms with Gasteiger partial charge in [0.25, 0.3) is 5.91 Å². The highest BCUT2D eigenvalue weighted by Gasteiger charge is 2.49. The summed E-state index contributed by atoms with van der Waals surface area (Å²) in [7, 11) is 0. The highest BCUT2D eigenvalue weighted by molar-refractivity contribution is 6.14. The van der Waals surface area contributed by atoms with Crippen molar-refractivity contribution in [3.05, 3.63) is 60.3 Å². The standard InChI is InChI=1S/C29H35N3O3/c1-3-35-24-17-15-23(16-18-24)32-27(33)26-19-21-11-9-10-14-25(21)31(26)20-29(32,2)28(34)30-22-12-7-5-4-6-8-13-22/h9-11,14-19,22H,3-8,12-13,20H2,1-2H3,(H,30,34). The third-order valence-electron chi connectivity index (χ3n) is 7.53. The van der Waals surface area contributed by atoms with Crippen LogP contribution in [0.5, 0.6) is 5.75 Å². The Kier molecular flexibility index (Phi) is 6.54. The van der Waals surface area contributed by atoms with Crippen LogP contribution in [0.2, 0.25) is 0 Å². The van der Waals surface area contributed by atoms with Crippen LogP contribution in [0.3, 0.4) is 0 Å². The first kappa shape index (κ1) is 23.5. The lowest BCUT2D eigenvalue weighted by Crippen LogP contribution is -2.65. The van der Waals surface area contributed by atoms with Gasteiger partial charge in [0.15, 0.2) is 0 Å². The minimum Gasteiger partial charge on any atom is -0.494 e. The predicted molar refractivity (Wildman–Crippen MR) is 139 cm³/mol. The Morgan fingerprint density at radius 3 is 2.43 bits per heavy atom. The number of rotatable bonds is 5. The summed E-state index contributed by atoms with van der Waals surface area (Å²) in [4.78, 5) is 29.7. The number of aromatic nitrogens is 1. The predicted octanol–water partition coefficient (Wildman–Crippen LogP) is 5.69. The summed E-state index contributed by atoms with van der Waals surface area (Å²) < 4.78 is 7.62. The number of hydrogen-bond donors (Lipinski definition) is 1. The largest absolute Gasteiger partial charge is 0.494 e. The minimum absolute atomic E-state index is 0.0891. The average Bonchev–Trinajstić information content (AvgIpc) is 3.20. The fourth-order valence-corrected chi connectivity index (χ4v) is 5.65. The zero-order chi connectivity index (χ0) is 24.4. The van der Waals surface area contributed by atoms with Gasteiger partial charge in [-0.05, 0) is 63.1 Å². The van der Waals surface area contributed by atoms with Crippen molar-refractivity contribution in [3.8, 4) is 5.75 Å². The molecule has 0 saturated heterocycles. The van der Waals surface area contributed by atoms with E-state index >= 15 is 0 Å². The molecule has 5 rings (SSSR count). The number of ether oxygens (including phenoxy) is 1. The number of carbonyl (C=O) groups excluding carboxylic acids is 2. The van der Waals surface area contributed by atoms with Crippen LogP contribution < -0.4 is 15.0 Å². The smallest absolute Gasteiger partial charge is 0.275 e. The van der Waals surface area contributed by atoms with E-state index in [9.17, 15) is 9.59 Å². The lowest BCUT2D eigenvalue weighted by Gasteiger charge is -2.44. The fourth-order valence-electron chi connectivity index (χ4n) is 5.65. The zero-order valence-corrected chi connectivity index (χ0v) is 20.8. The van der Waals surface area contributed by atoms with Crippen LogP contribution in [-0.2, 0) is 11.3 Å². The second kappa shape index (κ2) is 9.76. The summed E-state index contributed by atoms with van der Waals surface area (Å²) >= 11 is 0. The molecule has 1 fully saturated rings. The first-order valence-corrected chi connectivity index (χ1v) is 13.0. The van der Waals surface area contributed by atoms with E-state index in [-0.39, 0.29) is 17.9 Å². The molecule has 2 aliphatic rings. The maximum Gasteiger partial charge on any atom is 0.275 e. The van der Waals surface area contributed by atoms with Gasteiger partial charge >= 0.3 is 0 Å². The molecule has 6 heteroatoms. The van der Waals surface area contributed by atoms with Gasteiger partial charge in [0.2, 0.25) is 5.91 Å². The zero-order valence-electron chi connectivity index (χ0n) is 20.8. The number of amides is 2. The van der Waals surface area contributed by atoms with Crippen LogP contribution in [0.25, 0.3) is 10.9 Å². The van der Waals surface area contributed by atoms with Gasteiger partial charge in [-0.25, -0.2) is 0 Å². The van der Waals surface area contributed by atoms with E-state index in [0.29, 0.717) is 24.5 Å². The molecule has 0 spiro atoms. The van der Waals surface area contributed by atoms with Gasteiger partial charge in [-0.2, -0.15) is 0 Å². The number of fused-ring (bicyclic) bond motifs is 3. The van der Waals surface area contributed by atoms with Gasteiger partial charge in [0.1, 0.15) is 17.0 Å². The quantitative estimate of drug-likeness (QED) is 0.518. The lowest BCUT2D eigenvalue weighted by atomic mass is 9.91. The monoisotopic (exact) mass is 473 g/mol. The number of benzene rings is 2. The summed E-state index contributed by atoms with van der Waals surface area (Å²) in [6, 6.07) is 17.6. The molecular weight excluding hydrogens is 438 g/mol. The van der Waals surface area contributed by atoms with E-state index in [0.717, 1.165) is 42.3 Å². The van der Waals surface area contributed by atoms with Crippen LogP contribution in [-0.4, -0.2) is 34.6 Å². The number of nitrogens with one attached hydrogen (secondary N) is 1. The van der Waals surface area contributed by atoms with Crippen LogP contribution >= 0.6 is 0 Å². The molecule has 1 saturated carbocycles. The van der Waals surface area contributed by atoms with Crippen molar-refractivity contribution >= 4 is 28.4 Å². The third kappa shape index (κ3) is 4.42. The second-order valence-electron chi connectivity index (χ2n) is 10.0. The van der Waals surface area contributed by atoms with Crippen LogP contribution in [0.1, 0.15) is 69.3 Å². The molecule has 0 radical (unpaired) electrons. The molecule has 1 unspecified atom stereocenters. The molecular formula is C29H35N3O3. The van der Waals surface area contributed by atoms with E-state index in [4.69, 9.17) is 4.74 Å². The molecule has 184 valence electrons. The molecule has 1 aromatic heterocycles. The number of para-hydroxylation sites is 1. The van der Waals surface area contributed by atoms with Gasteiger partial charge in [-0.1, -0.05) is 50.3 Å². The van der Waals surface area contributed by atoms with Crippen molar-refractivity contribution in [2.75, 3.05) is 11.5 Å². The molecule has 1 N–H and O–H groups in total. The normalized spacial score (nSPS) is 21.3. The first-order valence-electron chi connectivity index (χ1n) is 13.0. The molecule has 0 bridgehead atoms. The van der Waals surface area contributed by atoms with Gasteiger partial charge < -0.3 is 14.6 Å². The van der Waals surface area contributed by atoms with Crippen molar-refractivity contribution in [1.82, 2.24) is 9.88 Å². The highest BCUT2D eigenvalue weighted by atomic mass is 16.5. The molecule has 2 amide bonds. The Bertz CT molecular complexity index is 1210. The van der Waals surface area contributed by atoms with Crippen molar-refractivity contribution in [3.63, 3.8) is 0 Å². The van der Waals surface area contributed by atoms with Crippen LogP contribution in [0.15, 0.2) is 54.6 Å².